The van der Waals surface area contributed by atoms with Crippen LogP contribution in [0.25, 0.3) is 0 Å². The van der Waals surface area contributed by atoms with Crippen molar-refractivity contribution in [1.82, 2.24) is 0 Å². The number of benzene rings is 4. The molecule has 188 valence electrons. The van der Waals surface area contributed by atoms with Crippen molar-refractivity contribution >= 4 is 11.8 Å². The van der Waals surface area contributed by atoms with Crippen molar-refractivity contribution in [3.63, 3.8) is 0 Å². The first-order valence-electron chi connectivity index (χ1n) is 13.3. The van der Waals surface area contributed by atoms with Gasteiger partial charge in [0.1, 0.15) is 25.3 Å². The molecule has 3 aliphatic rings. The van der Waals surface area contributed by atoms with Crippen molar-refractivity contribution in [1.29, 1.82) is 0 Å². The zero-order chi connectivity index (χ0) is 25.7. The summed E-state index contributed by atoms with van der Waals surface area (Å²) in [5.74, 6) is 1.54. The molecule has 0 aromatic heterocycles. The molecule has 0 bridgehead atoms. The molecule has 4 nitrogen and oxygen atoms in total. The molecule has 0 spiro atoms. The third kappa shape index (κ3) is 3.29. The monoisotopic (exact) mass is 498 g/mol. The van der Waals surface area contributed by atoms with Gasteiger partial charge in [0.05, 0.1) is 10.8 Å². The van der Waals surface area contributed by atoms with Crippen LogP contribution in [0.5, 0.6) is 0 Å². The summed E-state index contributed by atoms with van der Waals surface area (Å²) in [5, 5.41) is 0. The number of hydrogen-bond donors (Lipinski definition) is 0. The molecule has 0 amide bonds. The van der Waals surface area contributed by atoms with E-state index < -0.39 is 10.8 Å². The fourth-order valence-electron chi connectivity index (χ4n) is 6.45. The topological polar surface area (TPSA) is 43.2 Å². The van der Waals surface area contributed by atoms with Crippen LogP contribution in [0.15, 0.2) is 119 Å². The molecule has 0 saturated carbocycles. The van der Waals surface area contributed by atoms with Gasteiger partial charge in [0.15, 0.2) is 11.8 Å². The van der Waals surface area contributed by atoms with Crippen LogP contribution >= 0.6 is 0 Å². The zero-order valence-corrected chi connectivity index (χ0v) is 21.7. The van der Waals surface area contributed by atoms with Crippen molar-refractivity contribution in [2.45, 2.75) is 36.8 Å². The molecule has 4 aromatic carbocycles. The Hall–Kier alpha value is -4.18. The van der Waals surface area contributed by atoms with Gasteiger partial charge < -0.3 is 9.47 Å². The summed E-state index contributed by atoms with van der Waals surface area (Å²) in [5.41, 5.74) is 6.02. The van der Waals surface area contributed by atoms with E-state index in [4.69, 9.17) is 19.5 Å². The van der Waals surface area contributed by atoms with Crippen molar-refractivity contribution in [2.24, 2.45) is 9.98 Å². The van der Waals surface area contributed by atoms with Gasteiger partial charge in [0.25, 0.3) is 0 Å². The first-order valence-corrected chi connectivity index (χ1v) is 13.3. The Balaban J connectivity index is 1.39. The normalized spacial score (nSPS) is 27.4. The van der Waals surface area contributed by atoms with E-state index in [-0.39, 0.29) is 12.1 Å². The minimum absolute atomic E-state index is 0.00942. The summed E-state index contributed by atoms with van der Waals surface area (Å²) in [6.45, 7) is 5.59. The highest BCUT2D eigenvalue weighted by molar-refractivity contribution is 6.01. The fraction of sp³-hybridized carbons (Fsp3) is 0.235. The molecule has 1 aliphatic carbocycles. The largest absolute Gasteiger partial charge is 0.477 e. The molecular weight excluding hydrogens is 468 g/mol. The number of hydrogen-bond acceptors (Lipinski definition) is 4. The average molecular weight is 499 g/mol. The Morgan fingerprint density at radius 2 is 0.816 bits per heavy atom. The fourth-order valence-corrected chi connectivity index (χ4v) is 6.45. The Labute approximate surface area is 223 Å². The van der Waals surface area contributed by atoms with Gasteiger partial charge in [0.2, 0.25) is 0 Å². The molecule has 38 heavy (non-hydrogen) atoms. The second-order valence-electron chi connectivity index (χ2n) is 10.7. The molecule has 0 N–H and O–H groups in total. The summed E-state index contributed by atoms with van der Waals surface area (Å²) in [4.78, 5) is 10.4. The maximum atomic E-state index is 6.43. The highest BCUT2D eigenvalue weighted by atomic mass is 16.5. The molecule has 2 aliphatic heterocycles. The number of aliphatic imine (C=N–C) groups is 2. The number of ether oxygens (including phenoxy) is 2. The predicted molar refractivity (Wildman–Crippen MR) is 151 cm³/mol. The molecular formula is C34H30N2O2. The van der Waals surface area contributed by atoms with Gasteiger partial charge in [-0.1, -0.05) is 109 Å². The van der Waals surface area contributed by atoms with E-state index in [2.05, 4.69) is 111 Å². The summed E-state index contributed by atoms with van der Waals surface area (Å²) >= 11 is 0. The SMILES string of the molecule is CC1(C2=N[C@@H](c3ccccc3)CO2)c2ccccc2C(C)(C2=N[C@@H](c3ccccc3)CO2)c2ccccc21. The highest BCUT2D eigenvalue weighted by Crippen LogP contribution is 2.53. The molecule has 4 heteroatoms. The van der Waals surface area contributed by atoms with Crippen molar-refractivity contribution in [3.8, 4) is 0 Å². The smallest absolute Gasteiger partial charge is 0.199 e. The summed E-state index contributed by atoms with van der Waals surface area (Å²) in [6.07, 6.45) is 0. The first-order chi connectivity index (χ1) is 18.6. The van der Waals surface area contributed by atoms with Gasteiger partial charge in [-0.25, -0.2) is 9.98 Å². The quantitative estimate of drug-likeness (QED) is 0.306. The molecule has 0 saturated heterocycles. The summed E-state index contributed by atoms with van der Waals surface area (Å²) in [7, 11) is 0. The van der Waals surface area contributed by atoms with Crippen LogP contribution in [0.1, 0.15) is 59.3 Å². The minimum Gasteiger partial charge on any atom is -0.477 e. The van der Waals surface area contributed by atoms with Gasteiger partial charge in [-0.05, 0) is 47.2 Å². The van der Waals surface area contributed by atoms with Gasteiger partial charge in [-0.3, -0.25) is 0 Å². The second-order valence-corrected chi connectivity index (χ2v) is 10.7. The van der Waals surface area contributed by atoms with Crippen LogP contribution < -0.4 is 0 Å². The first kappa shape index (κ1) is 23.0. The molecule has 0 unspecified atom stereocenters. The molecule has 2 atom stereocenters. The van der Waals surface area contributed by atoms with Crippen LogP contribution in [0, 0.1) is 0 Å². The Morgan fingerprint density at radius 3 is 1.16 bits per heavy atom. The average Bonchev–Trinajstić information content (AvgIpc) is 3.69. The van der Waals surface area contributed by atoms with Gasteiger partial charge in [-0.2, -0.15) is 0 Å². The molecule has 0 fully saturated rings. The van der Waals surface area contributed by atoms with Crippen LogP contribution in [-0.4, -0.2) is 25.0 Å². The molecule has 4 aromatic rings. The molecule has 7 rings (SSSR count). The second kappa shape index (κ2) is 8.70. The van der Waals surface area contributed by atoms with Gasteiger partial charge in [-0.15, -0.1) is 0 Å². The van der Waals surface area contributed by atoms with Crippen molar-refractivity contribution in [2.75, 3.05) is 13.2 Å². The van der Waals surface area contributed by atoms with Gasteiger partial charge >= 0.3 is 0 Å². The standard InChI is InChI=1S/C34H30N2O2/c1-33(31-35-29(21-37-31)23-13-5-3-6-14-23)25-17-9-11-19-27(25)34(2,28-20-12-10-18-26(28)33)32-36-30(22-38-32)24-15-7-4-8-16-24/h3-20,29-30H,21-22H2,1-2H3/t29-,30-,33?,34?/m1/s1. The van der Waals surface area contributed by atoms with E-state index in [0.717, 1.165) is 11.8 Å². The van der Waals surface area contributed by atoms with E-state index in [1.165, 1.54) is 33.4 Å². The van der Waals surface area contributed by atoms with Crippen molar-refractivity contribution < 1.29 is 9.47 Å². The Bertz CT molecular complexity index is 1390. The Morgan fingerprint density at radius 1 is 0.500 bits per heavy atom. The third-order valence-electron chi connectivity index (χ3n) is 8.54. The van der Waals surface area contributed by atoms with E-state index in [1.807, 2.05) is 12.1 Å². The van der Waals surface area contributed by atoms with Crippen LogP contribution in [0.3, 0.4) is 0 Å². The molecule has 2 heterocycles. The highest BCUT2D eigenvalue weighted by Gasteiger charge is 2.54. The lowest BCUT2D eigenvalue weighted by atomic mass is 9.58. The number of rotatable bonds is 4. The van der Waals surface area contributed by atoms with Crippen LogP contribution in [-0.2, 0) is 20.3 Å². The minimum atomic E-state index is -0.534. The summed E-state index contributed by atoms with van der Waals surface area (Å²) in [6, 6.07) is 38.1. The summed E-state index contributed by atoms with van der Waals surface area (Å²) < 4.78 is 12.9. The maximum absolute atomic E-state index is 6.43. The molecule has 0 radical (unpaired) electrons. The van der Waals surface area contributed by atoms with E-state index >= 15 is 0 Å². The zero-order valence-electron chi connectivity index (χ0n) is 21.7. The van der Waals surface area contributed by atoms with E-state index in [0.29, 0.717) is 13.2 Å². The van der Waals surface area contributed by atoms with Crippen LogP contribution in [0.2, 0.25) is 0 Å². The van der Waals surface area contributed by atoms with Crippen LogP contribution in [0.4, 0.5) is 0 Å². The van der Waals surface area contributed by atoms with Gasteiger partial charge in [0, 0.05) is 0 Å². The van der Waals surface area contributed by atoms with Crippen molar-refractivity contribution in [3.05, 3.63) is 143 Å². The van der Waals surface area contributed by atoms with E-state index in [9.17, 15) is 0 Å². The predicted octanol–water partition coefficient (Wildman–Crippen LogP) is 6.95. The number of nitrogens with zero attached hydrogens (tertiary/aromatic N) is 2. The lowest BCUT2D eigenvalue weighted by Crippen LogP contribution is -2.47. The lowest BCUT2D eigenvalue weighted by molar-refractivity contribution is 0.291. The third-order valence-corrected chi connectivity index (χ3v) is 8.54. The number of fused-ring (bicyclic) bond motifs is 2. The van der Waals surface area contributed by atoms with E-state index in [1.54, 1.807) is 0 Å². The lowest BCUT2D eigenvalue weighted by Gasteiger charge is -2.45. The maximum Gasteiger partial charge on any atom is 0.199 e. The Kier molecular flexibility index (Phi) is 5.26.